The first-order chi connectivity index (χ1) is 36.7. The first-order valence-corrected chi connectivity index (χ1v) is 34.2. The van der Waals surface area contributed by atoms with Crippen LogP contribution in [-0.2, 0) is 28.6 Å². The number of carbonyl (C=O) groups is 3. The van der Waals surface area contributed by atoms with E-state index in [1.807, 2.05) is 0 Å². The van der Waals surface area contributed by atoms with Crippen LogP contribution in [0, 0.1) is 23.2 Å². The summed E-state index contributed by atoms with van der Waals surface area (Å²) in [4.78, 5) is 41.8. The van der Waals surface area contributed by atoms with Gasteiger partial charge in [0, 0.05) is 19.3 Å². The van der Waals surface area contributed by atoms with Crippen LogP contribution in [0.25, 0.3) is 0 Å². The molecule has 0 aromatic heterocycles. The molecule has 0 heterocycles. The van der Waals surface area contributed by atoms with Gasteiger partial charge in [-0.3, -0.25) is 14.4 Å². The third-order valence-corrected chi connectivity index (χ3v) is 17.0. The van der Waals surface area contributed by atoms with Crippen molar-refractivity contribution in [2.24, 2.45) is 23.2 Å². The van der Waals surface area contributed by atoms with Gasteiger partial charge in [-0.15, -0.1) is 0 Å². The summed E-state index contributed by atoms with van der Waals surface area (Å²) >= 11 is 0. The average molecular weight is 1060 g/mol. The third-order valence-electron chi connectivity index (χ3n) is 17.0. The normalized spacial score (nSPS) is 13.6. The van der Waals surface area contributed by atoms with Crippen LogP contribution in [0.1, 0.15) is 382 Å². The number of hydrogen-bond donors (Lipinski definition) is 0. The monoisotopic (exact) mass is 1060 g/mol. The molecule has 446 valence electrons. The third kappa shape index (κ3) is 49.2. The quantitative estimate of drug-likeness (QED) is 0.0343. The lowest BCUT2D eigenvalue weighted by Crippen LogP contribution is -2.39. The van der Waals surface area contributed by atoms with Gasteiger partial charge in [-0.2, -0.15) is 0 Å². The summed E-state index contributed by atoms with van der Waals surface area (Å²) in [6, 6.07) is 0. The van der Waals surface area contributed by atoms with Gasteiger partial charge >= 0.3 is 17.9 Å². The van der Waals surface area contributed by atoms with Crippen LogP contribution in [0.3, 0.4) is 0 Å². The van der Waals surface area contributed by atoms with Gasteiger partial charge in [0.1, 0.15) is 19.8 Å². The minimum atomic E-state index is -0.785. The van der Waals surface area contributed by atoms with Gasteiger partial charge in [0.05, 0.1) is 5.41 Å². The summed E-state index contributed by atoms with van der Waals surface area (Å²) in [7, 11) is 0. The minimum Gasteiger partial charge on any atom is -0.465 e. The predicted octanol–water partition coefficient (Wildman–Crippen LogP) is 22.9. The Kier molecular flexibility index (Phi) is 55.9. The molecule has 0 N–H and O–H groups in total. The van der Waals surface area contributed by atoms with Gasteiger partial charge in [0.15, 0.2) is 0 Å². The van der Waals surface area contributed by atoms with Crippen molar-refractivity contribution in [2.45, 2.75) is 382 Å². The maximum absolute atomic E-state index is 13.9. The van der Waals surface area contributed by atoms with Crippen LogP contribution in [0.4, 0.5) is 0 Å². The molecule has 3 unspecified atom stereocenters. The zero-order valence-corrected chi connectivity index (χ0v) is 52.1. The summed E-state index contributed by atoms with van der Waals surface area (Å²) in [6.45, 7) is 16.0. The van der Waals surface area contributed by atoms with Gasteiger partial charge in [-0.1, -0.05) is 318 Å². The van der Waals surface area contributed by atoms with Crippen molar-refractivity contribution in [3.63, 3.8) is 0 Å². The molecule has 75 heavy (non-hydrogen) atoms. The second-order valence-corrected chi connectivity index (χ2v) is 24.5. The second-order valence-electron chi connectivity index (χ2n) is 24.5. The van der Waals surface area contributed by atoms with Gasteiger partial charge in [-0.25, -0.2) is 0 Å². The number of carbonyl (C=O) groups excluding carboxylic acids is 3. The van der Waals surface area contributed by atoms with Crippen molar-refractivity contribution in [1.29, 1.82) is 0 Å². The molecule has 3 atom stereocenters. The van der Waals surface area contributed by atoms with Crippen molar-refractivity contribution in [1.82, 2.24) is 0 Å². The predicted molar refractivity (Wildman–Crippen MR) is 326 cm³/mol. The van der Waals surface area contributed by atoms with Gasteiger partial charge in [0.2, 0.25) is 0 Å². The van der Waals surface area contributed by atoms with Crippen LogP contribution < -0.4 is 0 Å². The van der Waals surface area contributed by atoms with E-state index in [0.29, 0.717) is 43.4 Å². The fraction of sp³-hybridized carbons (Fsp3) is 0.957. The van der Waals surface area contributed by atoms with Crippen LogP contribution in [0.15, 0.2) is 0 Å². The molecule has 0 saturated heterocycles. The van der Waals surface area contributed by atoms with Crippen molar-refractivity contribution < 1.29 is 28.6 Å². The first-order valence-electron chi connectivity index (χ1n) is 34.2. The maximum Gasteiger partial charge on any atom is 0.306 e. The number of rotatable bonds is 61. The number of unbranched alkanes of at least 4 members (excludes halogenated alkanes) is 36. The molecule has 0 radical (unpaired) electrons. The molecule has 0 aliphatic carbocycles. The summed E-state index contributed by atoms with van der Waals surface area (Å²) in [5.41, 5.74) is -0.785. The van der Waals surface area contributed by atoms with E-state index in [4.69, 9.17) is 14.2 Å². The van der Waals surface area contributed by atoms with Crippen LogP contribution >= 0.6 is 0 Å². The average Bonchev–Trinajstić information content (AvgIpc) is 3.41. The van der Waals surface area contributed by atoms with E-state index in [1.54, 1.807) is 0 Å². The van der Waals surface area contributed by atoms with E-state index in [-0.39, 0.29) is 37.7 Å². The van der Waals surface area contributed by atoms with Crippen LogP contribution in [-0.4, -0.2) is 37.7 Å². The maximum atomic E-state index is 13.9. The lowest BCUT2D eigenvalue weighted by Gasteiger charge is -2.32. The summed E-state index contributed by atoms with van der Waals surface area (Å²) in [5, 5.41) is 0. The highest BCUT2D eigenvalue weighted by Gasteiger charge is 2.35. The number of hydrogen-bond acceptors (Lipinski definition) is 6. The molecule has 0 amide bonds. The number of esters is 3. The van der Waals surface area contributed by atoms with E-state index in [1.165, 1.54) is 270 Å². The zero-order chi connectivity index (χ0) is 55.0. The molecule has 6 nitrogen and oxygen atoms in total. The lowest BCUT2D eigenvalue weighted by molar-refractivity contribution is -0.163. The smallest absolute Gasteiger partial charge is 0.306 e. The highest BCUT2D eigenvalue weighted by molar-refractivity contribution is 5.71. The Morgan fingerprint density at radius 2 is 0.413 bits per heavy atom. The second kappa shape index (κ2) is 57.1. The van der Waals surface area contributed by atoms with Crippen molar-refractivity contribution in [3.05, 3.63) is 0 Å². The van der Waals surface area contributed by atoms with E-state index < -0.39 is 5.41 Å². The Bertz CT molecular complexity index is 1060. The zero-order valence-electron chi connectivity index (χ0n) is 52.1. The molecule has 0 aromatic rings. The van der Waals surface area contributed by atoms with E-state index in [9.17, 15) is 14.4 Å². The van der Waals surface area contributed by atoms with E-state index in [2.05, 4.69) is 48.5 Å². The van der Waals surface area contributed by atoms with Crippen LogP contribution in [0.2, 0.25) is 0 Å². The number of ether oxygens (including phenoxy) is 3. The summed E-state index contributed by atoms with van der Waals surface area (Å²) in [6.07, 6.45) is 61.8. The van der Waals surface area contributed by atoms with Crippen molar-refractivity contribution >= 4 is 17.9 Å². The lowest BCUT2D eigenvalue weighted by atomic mass is 9.87. The molecule has 0 fully saturated rings. The Hall–Kier alpha value is -1.59. The Balaban J connectivity index is 6.13. The molecule has 0 saturated carbocycles. The largest absolute Gasteiger partial charge is 0.465 e. The standard InChI is InChI=1S/C69H134O6/c1-8-15-21-27-33-36-42-48-54-63(51-45-39-30-24-18-11-4)57-66(70)73-60-69(14-7,61-74-67(71)58-64(52-46-40-31-25-19-12-5)55-49-43-37-34-28-22-16-9-2)62-75-68(72)59-65(53-47-41-32-26-20-13-6)56-50-44-38-35-29-23-17-10-3/h63-65H,8-62H2,1-7H3. The Morgan fingerprint density at radius 3 is 0.573 bits per heavy atom. The molecule has 0 spiro atoms. The Labute approximate surface area is 469 Å². The van der Waals surface area contributed by atoms with Gasteiger partial charge in [0.25, 0.3) is 0 Å². The topological polar surface area (TPSA) is 78.9 Å². The van der Waals surface area contributed by atoms with E-state index in [0.717, 1.165) is 38.5 Å². The summed E-state index contributed by atoms with van der Waals surface area (Å²) in [5.74, 6) is 0.499. The molecule has 6 heteroatoms. The first kappa shape index (κ1) is 73.4. The minimum absolute atomic E-state index is 0.100. The fourth-order valence-corrected chi connectivity index (χ4v) is 11.4. The molecule has 0 aromatic carbocycles. The molecule has 0 rings (SSSR count). The van der Waals surface area contributed by atoms with E-state index >= 15 is 0 Å². The Morgan fingerprint density at radius 1 is 0.253 bits per heavy atom. The van der Waals surface area contributed by atoms with Gasteiger partial charge in [-0.05, 0) is 62.7 Å². The summed E-state index contributed by atoms with van der Waals surface area (Å²) < 4.78 is 18.8. The van der Waals surface area contributed by atoms with Gasteiger partial charge < -0.3 is 14.2 Å². The SMILES string of the molecule is CCCCCCCCCCC(CCCCCCCC)CC(=O)OCC(CC)(COC(=O)CC(CCCCCCCC)CCCCCCCCCC)COC(=O)CC(CCCCCCCC)CCCCCCCCCC. The fourth-order valence-electron chi connectivity index (χ4n) is 11.4. The van der Waals surface area contributed by atoms with Crippen LogP contribution in [0.5, 0.6) is 0 Å². The molecule has 0 bridgehead atoms. The molecule has 0 aliphatic rings. The molecular formula is C69H134O6. The highest BCUT2D eigenvalue weighted by Crippen LogP contribution is 2.30. The highest BCUT2D eigenvalue weighted by atomic mass is 16.6. The van der Waals surface area contributed by atoms with Crippen molar-refractivity contribution in [3.8, 4) is 0 Å². The molecule has 0 aliphatic heterocycles. The van der Waals surface area contributed by atoms with Crippen molar-refractivity contribution in [2.75, 3.05) is 19.8 Å². The molecular weight excluding hydrogens is 925 g/mol.